The first-order chi connectivity index (χ1) is 15.2. The monoisotopic (exact) mass is 421 g/mol. The van der Waals surface area contributed by atoms with Gasteiger partial charge in [-0.15, -0.1) is 0 Å². The summed E-state index contributed by atoms with van der Waals surface area (Å²) in [6, 6.07) is 18.7. The van der Waals surface area contributed by atoms with E-state index < -0.39 is 0 Å². The van der Waals surface area contributed by atoms with Crippen LogP contribution >= 0.6 is 0 Å². The number of nitrogens with zero attached hydrogens (tertiary/aromatic N) is 2. The minimum atomic E-state index is -0.0403. The predicted octanol–water partition coefficient (Wildman–Crippen LogP) is 3.33. The Kier molecular flexibility index (Phi) is 8.91. The molecule has 1 aliphatic heterocycles. The van der Waals surface area contributed by atoms with Gasteiger partial charge in [0.05, 0.1) is 12.6 Å². The van der Waals surface area contributed by atoms with E-state index in [4.69, 9.17) is 4.99 Å². The number of rotatable bonds is 9. The lowest BCUT2D eigenvalue weighted by molar-refractivity contribution is 0.0956. The second-order valence-electron chi connectivity index (χ2n) is 7.80. The lowest BCUT2D eigenvalue weighted by atomic mass is 10.1. The van der Waals surface area contributed by atoms with Gasteiger partial charge in [0.1, 0.15) is 0 Å². The van der Waals surface area contributed by atoms with Crippen LogP contribution in [0.3, 0.4) is 0 Å². The highest BCUT2D eigenvalue weighted by Gasteiger charge is 2.23. The summed E-state index contributed by atoms with van der Waals surface area (Å²) in [6.07, 6.45) is 2.54. The van der Waals surface area contributed by atoms with Crippen molar-refractivity contribution in [3.63, 3.8) is 0 Å². The predicted molar refractivity (Wildman–Crippen MR) is 127 cm³/mol. The first-order valence-electron chi connectivity index (χ1n) is 11.4. The van der Waals surface area contributed by atoms with E-state index in [-0.39, 0.29) is 5.91 Å². The molecule has 2 aromatic rings. The molecule has 1 amide bonds. The first-order valence-corrected chi connectivity index (χ1v) is 11.4. The van der Waals surface area contributed by atoms with Crippen LogP contribution in [0, 0.1) is 0 Å². The van der Waals surface area contributed by atoms with Gasteiger partial charge in [0.15, 0.2) is 5.96 Å². The highest BCUT2D eigenvalue weighted by molar-refractivity contribution is 5.94. The highest BCUT2D eigenvalue weighted by atomic mass is 16.1. The molecule has 1 atom stereocenters. The Morgan fingerprint density at radius 2 is 1.61 bits per heavy atom. The van der Waals surface area contributed by atoms with Gasteiger partial charge in [-0.1, -0.05) is 42.5 Å². The summed E-state index contributed by atoms with van der Waals surface area (Å²) < 4.78 is 0. The molecule has 0 aliphatic carbocycles. The molecule has 3 rings (SSSR count). The molecule has 0 saturated carbocycles. The number of carbonyl (C=O) groups is 1. The van der Waals surface area contributed by atoms with E-state index in [0.29, 0.717) is 24.7 Å². The molecule has 0 spiro atoms. The van der Waals surface area contributed by atoms with Crippen LogP contribution in [0.4, 0.5) is 0 Å². The molecule has 1 unspecified atom stereocenters. The second-order valence-corrected chi connectivity index (χ2v) is 7.80. The normalized spacial score (nSPS) is 15.5. The summed E-state index contributed by atoms with van der Waals surface area (Å²) in [5, 5.41) is 9.72. The van der Waals surface area contributed by atoms with Gasteiger partial charge in [-0.25, -0.2) is 4.99 Å². The number of hydrogen-bond donors (Lipinski definition) is 3. The average molecular weight is 422 g/mol. The molecular formula is C25H35N5O. The summed E-state index contributed by atoms with van der Waals surface area (Å²) in [5.74, 6) is 0.775. The van der Waals surface area contributed by atoms with E-state index in [1.807, 2.05) is 31.2 Å². The maximum Gasteiger partial charge on any atom is 0.251 e. The lowest BCUT2D eigenvalue weighted by Gasteiger charge is -2.29. The Labute approximate surface area is 186 Å². The number of likely N-dealkylation sites (tertiary alicyclic amines) is 1. The van der Waals surface area contributed by atoms with Crippen molar-refractivity contribution in [2.24, 2.45) is 4.99 Å². The Balaban J connectivity index is 1.63. The average Bonchev–Trinajstić information content (AvgIpc) is 3.33. The number of carbonyl (C=O) groups excluding carboxylic acids is 1. The zero-order valence-corrected chi connectivity index (χ0v) is 18.7. The largest absolute Gasteiger partial charge is 0.357 e. The standard InChI is InChI=1S/C25H35N5O/c1-3-26-24(31)22-14-12-20(13-15-22)18-28-25(27-4-2)29-19-23(30-16-8-9-17-30)21-10-6-5-7-11-21/h5-7,10-15,23H,3-4,8-9,16-19H2,1-2H3,(H,26,31)(H2,27,28,29). The van der Waals surface area contributed by atoms with Gasteiger partial charge in [0.25, 0.3) is 5.91 Å². The van der Waals surface area contributed by atoms with Gasteiger partial charge >= 0.3 is 0 Å². The maximum absolute atomic E-state index is 11.9. The lowest BCUT2D eigenvalue weighted by Crippen LogP contribution is -2.42. The first kappa shape index (κ1) is 22.8. The highest BCUT2D eigenvalue weighted by Crippen LogP contribution is 2.24. The van der Waals surface area contributed by atoms with E-state index in [1.165, 1.54) is 18.4 Å². The van der Waals surface area contributed by atoms with Crippen LogP contribution < -0.4 is 16.0 Å². The third-order valence-corrected chi connectivity index (χ3v) is 5.55. The second kappa shape index (κ2) is 12.1. The summed E-state index contributed by atoms with van der Waals surface area (Å²) in [4.78, 5) is 19.2. The van der Waals surface area contributed by atoms with Crippen LogP contribution in [0.2, 0.25) is 0 Å². The van der Waals surface area contributed by atoms with E-state index in [9.17, 15) is 4.79 Å². The molecular weight excluding hydrogens is 386 g/mol. The number of benzene rings is 2. The maximum atomic E-state index is 11.9. The van der Waals surface area contributed by atoms with Crippen molar-refractivity contribution < 1.29 is 4.79 Å². The van der Waals surface area contributed by atoms with Crippen molar-refractivity contribution in [3.05, 3.63) is 71.3 Å². The van der Waals surface area contributed by atoms with Crippen molar-refractivity contribution >= 4 is 11.9 Å². The summed E-state index contributed by atoms with van der Waals surface area (Å²) in [5.41, 5.74) is 3.09. The van der Waals surface area contributed by atoms with E-state index >= 15 is 0 Å². The smallest absolute Gasteiger partial charge is 0.251 e. The molecule has 3 N–H and O–H groups in total. The molecule has 2 aromatic carbocycles. The van der Waals surface area contributed by atoms with Crippen molar-refractivity contribution in [1.82, 2.24) is 20.9 Å². The van der Waals surface area contributed by atoms with E-state index in [2.05, 4.69) is 58.1 Å². The third kappa shape index (κ3) is 6.82. The van der Waals surface area contributed by atoms with Gasteiger partial charge in [0.2, 0.25) is 0 Å². The topological polar surface area (TPSA) is 68.8 Å². The van der Waals surface area contributed by atoms with Crippen molar-refractivity contribution in [3.8, 4) is 0 Å². The Bertz CT molecular complexity index is 829. The van der Waals surface area contributed by atoms with Crippen LogP contribution in [-0.2, 0) is 6.54 Å². The van der Waals surface area contributed by atoms with Gasteiger partial charge in [-0.3, -0.25) is 9.69 Å². The number of hydrogen-bond acceptors (Lipinski definition) is 3. The van der Waals surface area contributed by atoms with Crippen LogP contribution in [-0.4, -0.2) is 49.5 Å². The van der Waals surface area contributed by atoms with Crippen LogP contribution in [0.25, 0.3) is 0 Å². The Morgan fingerprint density at radius 3 is 2.26 bits per heavy atom. The molecule has 0 bridgehead atoms. The van der Waals surface area contributed by atoms with E-state index in [0.717, 1.165) is 37.7 Å². The molecule has 166 valence electrons. The molecule has 1 fully saturated rings. The molecule has 31 heavy (non-hydrogen) atoms. The molecule has 0 aromatic heterocycles. The Morgan fingerprint density at radius 1 is 0.935 bits per heavy atom. The van der Waals surface area contributed by atoms with E-state index in [1.54, 1.807) is 0 Å². The Hall–Kier alpha value is -2.86. The summed E-state index contributed by atoms with van der Waals surface area (Å²) in [6.45, 7) is 9.10. The fraction of sp³-hybridized carbons (Fsp3) is 0.440. The van der Waals surface area contributed by atoms with Crippen LogP contribution in [0.5, 0.6) is 0 Å². The molecule has 1 heterocycles. The fourth-order valence-corrected chi connectivity index (χ4v) is 3.92. The van der Waals surface area contributed by atoms with Crippen LogP contribution in [0.15, 0.2) is 59.6 Å². The summed E-state index contributed by atoms with van der Waals surface area (Å²) >= 11 is 0. The van der Waals surface area contributed by atoms with Gasteiger partial charge in [-0.05, 0) is 63.0 Å². The number of amides is 1. The van der Waals surface area contributed by atoms with Gasteiger partial charge in [0, 0.05) is 25.2 Å². The third-order valence-electron chi connectivity index (χ3n) is 5.55. The number of aliphatic imine (C=N–C) groups is 1. The molecule has 6 nitrogen and oxygen atoms in total. The molecule has 6 heteroatoms. The van der Waals surface area contributed by atoms with Crippen LogP contribution in [0.1, 0.15) is 54.2 Å². The SMILES string of the molecule is CCNC(=O)c1ccc(CN=C(NCC)NCC(c2ccccc2)N2CCCC2)cc1. The number of guanidine groups is 1. The minimum absolute atomic E-state index is 0.0403. The summed E-state index contributed by atoms with van der Waals surface area (Å²) in [7, 11) is 0. The molecule has 1 saturated heterocycles. The zero-order valence-electron chi connectivity index (χ0n) is 18.7. The van der Waals surface area contributed by atoms with Gasteiger partial charge in [-0.2, -0.15) is 0 Å². The number of nitrogens with one attached hydrogen (secondary N) is 3. The molecule has 1 aliphatic rings. The van der Waals surface area contributed by atoms with Crippen molar-refractivity contribution in [2.45, 2.75) is 39.3 Å². The minimum Gasteiger partial charge on any atom is -0.357 e. The molecule has 0 radical (unpaired) electrons. The zero-order chi connectivity index (χ0) is 21.9. The quantitative estimate of drug-likeness (QED) is 0.429. The fourth-order valence-electron chi connectivity index (χ4n) is 3.92. The van der Waals surface area contributed by atoms with Gasteiger partial charge < -0.3 is 16.0 Å². The van der Waals surface area contributed by atoms with Crippen molar-refractivity contribution in [2.75, 3.05) is 32.7 Å². The van der Waals surface area contributed by atoms with Crippen molar-refractivity contribution in [1.29, 1.82) is 0 Å².